The molecule has 168 valence electrons. The summed E-state index contributed by atoms with van der Waals surface area (Å²) in [7, 11) is -0.470. The third kappa shape index (κ3) is 4.78. The molecule has 0 radical (unpaired) electrons. The molecule has 0 bridgehead atoms. The maximum atomic E-state index is 12.8. The summed E-state index contributed by atoms with van der Waals surface area (Å²) in [5.74, 6) is 2.75. The second-order valence-electron chi connectivity index (χ2n) is 7.10. The average molecular weight is 472 g/mol. The number of carbonyl (C=O) groups is 1. The highest BCUT2D eigenvalue weighted by Crippen LogP contribution is 2.27. The Kier molecular flexibility index (Phi) is 7.51. The van der Waals surface area contributed by atoms with Crippen molar-refractivity contribution in [1.29, 1.82) is 0 Å². The van der Waals surface area contributed by atoms with Crippen LogP contribution in [0.15, 0.2) is 52.4 Å². The first-order valence-electron chi connectivity index (χ1n) is 10.1. The zero-order chi connectivity index (χ0) is 23.3. The van der Waals surface area contributed by atoms with Crippen LogP contribution in [0.1, 0.15) is 30.1 Å². The maximum absolute atomic E-state index is 12.8. The van der Waals surface area contributed by atoms with E-state index in [1.807, 2.05) is 25.1 Å². The number of rotatable bonds is 8. The Morgan fingerprint density at radius 3 is 2.59 bits per heavy atom. The van der Waals surface area contributed by atoms with Crippen molar-refractivity contribution < 1.29 is 17.9 Å². The number of terminal acetylenes is 1. The standard InChI is InChI=1S/C23H25N3O4S2/c1-5-7-16-25(3)32(28,29)18-13-11-17(12-14-18)22(27)24-23-26(15-6-2)21-19(30-4)9-8-10-20(21)31-23/h2,8-14H,5,7,15-16H2,1,3-4H3. The molecule has 2 aromatic carbocycles. The number of carbonyl (C=O) groups excluding carboxylic acids is 1. The van der Waals surface area contributed by atoms with E-state index in [-0.39, 0.29) is 17.0 Å². The number of thiazole rings is 1. The minimum atomic E-state index is -3.60. The number of methoxy groups -OCH3 is 1. The van der Waals surface area contributed by atoms with Crippen molar-refractivity contribution in [1.82, 2.24) is 8.87 Å². The van der Waals surface area contributed by atoms with Gasteiger partial charge in [0.1, 0.15) is 11.3 Å². The van der Waals surface area contributed by atoms with E-state index in [1.54, 1.807) is 18.7 Å². The Balaban J connectivity index is 1.96. The number of para-hydroxylation sites is 1. The topological polar surface area (TPSA) is 81.0 Å². The van der Waals surface area contributed by atoms with Crippen LogP contribution in [-0.4, -0.2) is 43.9 Å². The molecule has 0 N–H and O–H groups in total. The van der Waals surface area contributed by atoms with Crippen LogP contribution in [0, 0.1) is 12.3 Å². The zero-order valence-electron chi connectivity index (χ0n) is 18.2. The number of unbranched alkanes of at least 4 members (excludes halogenated alkanes) is 1. The maximum Gasteiger partial charge on any atom is 0.279 e. The molecule has 0 unspecified atom stereocenters. The molecule has 1 amide bonds. The van der Waals surface area contributed by atoms with Crippen LogP contribution in [0.2, 0.25) is 0 Å². The molecule has 1 heterocycles. The monoisotopic (exact) mass is 471 g/mol. The van der Waals surface area contributed by atoms with Gasteiger partial charge in [0, 0.05) is 19.2 Å². The zero-order valence-corrected chi connectivity index (χ0v) is 19.9. The lowest BCUT2D eigenvalue weighted by atomic mass is 10.2. The van der Waals surface area contributed by atoms with Gasteiger partial charge in [-0.15, -0.1) is 6.42 Å². The number of benzene rings is 2. The van der Waals surface area contributed by atoms with Gasteiger partial charge < -0.3 is 9.30 Å². The predicted molar refractivity (Wildman–Crippen MR) is 126 cm³/mol. The third-order valence-corrected chi connectivity index (χ3v) is 7.88. The van der Waals surface area contributed by atoms with Crippen LogP contribution in [0.4, 0.5) is 0 Å². The largest absolute Gasteiger partial charge is 0.495 e. The number of ether oxygens (including phenoxy) is 1. The lowest BCUT2D eigenvalue weighted by molar-refractivity contribution is 0.0997. The van der Waals surface area contributed by atoms with Gasteiger partial charge in [-0.1, -0.05) is 36.7 Å². The van der Waals surface area contributed by atoms with E-state index in [1.165, 1.54) is 39.9 Å². The summed E-state index contributed by atoms with van der Waals surface area (Å²) < 4.78 is 34.8. The summed E-state index contributed by atoms with van der Waals surface area (Å²) in [6.07, 6.45) is 7.21. The van der Waals surface area contributed by atoms with E-state index in [9.17, 15) is 13.2 Å². The molecule has 0 atom stereocenters. The number of hydrogen-bond acceptors (Lipinski definition) is 5. The van der Waals surface area contributed by atoms with Crippen LogP contribution >= 0.6 is 11.3 Å². The molecule has 0 aliphatic rings. The molecule has 0 fully saturated rings. The molecule has 32 heavy (non-hydrogen) atoms. The fraction of sp³-hybridized carbons (Fsp3) is 0.304. The molecular formula is C23H25N3O4S2. The summed E-state index contributed by atoms with van der Waals surface area (Å²) in [4.78, 5) is 17.7. The quantitative estimate of drug-likeness (QED) is 0.471. The molecule has 0 saturated carbocycles. The number of nitrogens with zero attached hydrogens (tertiary/aromatic N) is 3. The van der Waals surface area contributed by atoms with Crippen molar-refractivity contribution in [2.45, 2.75) is 31.2 Å². The summed E-state index contributed by atoms with van der Waals surface area (Å²) in [5.41, 5.74) is 1.07. The molecule has 1 aromatic heterocycles. The van der Waals surface area contributed by atoms with Crippen LogP contribution in [0.5, 0.6) is 5.75 Å². The first-order valence-corrected chi connectivity index (χ1v) is 12.3. The Bertz CT molecular complexity index is 1330. The Morgan fingerprint density at radius 2 is 1.97 bits per heavy atom. The molecule has 9 heteroatoms. The molecule has 0 aliphatic heterocycles. The van der Waals surface area contributed by atoms with E-state index in [4.69, 9.17) is 11.2 Å². The summed E-state index contributed by atoms with van der Waals surface area (Å²) in [5, 5.41) is 0. The number of amides is 1. The van der Waals surface area contributed by atoms with Crippen molar-refractivity contribution in [3.05, 3.63) is 52.8 Å². The van der Waals surface area contributed by atoms with E-state index in [2.05, 4.69) is 10.9 Å². The van der Waals surface area contributed by atoms with Crippen molar-refractivity contribution in [2.75, 3.05) is 20.7 Å². The Hall–Kier alpha value is -2.93. The van der Waals surface area contributed by atoms with E-state index < -0.39 is 15.9 Å². The van der Waals surface area contributed by atoms with E-state index in [0.29, 0.717) is 17.1 Å². The second kappa shape index (κ2) is 10.1. The number of aromatic nitrogens is 1. The highest BCUT2D eigenvalue weighted by molar-refractivity contribution is 7.89. The molecule has 0 saturated heterocycles. The lowest BCUT2D eigenvalue weighted by Gasteiger charge is -2.16. The van der Waals surface area contributed by atoms with Crippen LogP contribution in [0.25, 0.3) is 10.2 Å². The molecule has 3 aromatic rings. The highest BCUT2D eigenvalue weighted by atomic mass is 32.2. The third-order valence-electron chi connectivity index (χ3n) is 4.97. The van der Waals surface area contributed by atoms with Crippen LogP contribution < -0.4 is 9.54 Å². The van der Waals surface area contributed by atoms with Crippen molar-refractivity contribution in [3.63, 3.8) is 0 Å². The molecule has 7 nitrogen and oxygen atoms in total. The first-order chi connectivity index (χ1) is 15.3. The van der Waals surface area contributed by atoms with Gasteiger partial charge in [0.15, 0.2) is 4.80 Å². The summed E-state index contributed by atoms with van der Waals surface area (Å²) in [6, 6.07) is 11.4. The van der Waals surface area contributed by atoms with Gasteiger partial charge in [-0.05, 0) is 42.8 Å². The summed E-state index contributed by atoms with van der Waals surface area (Å²) in [6.45, 7) is 2.68. The molecule has 3 rings (SSSR count). The van der Waals surface area contributed by atoms with Gasteiger partial charge in [0.25, 0.3) is 5.91 Å². The van der Waals surface area contributed by atoms with Gasteiger partial charge in [-0.2, -0.15) is 4.99 Å². The average Bonchev–Trinajstić information content (AvgIpc) is 3.14. The number of fused-ring (bicyclic) bond motifs is 1. The summed E-state index contributed by atoms with van der Waals surface area (Å²) >= 11 is 1.33. The molecular weight excluding hydrogens is 446 g/mol. The molecule has 0 aliphatic carbocycles. The highest BCUT2D eigenvalue weighted by Gasteiger charge is 2.20. The van der Waals surface area contributed by atoms with Crippen LogP contribution in [0.3, 0.4) is 0 Å². The molecule has 0 spiro atoms. The second-order valence-corrected chi connectivity index (χ2v) is 10.2. The van der Waals surface area contributed by atoms with Crippen molar-refractivity contribution in [2.24, 2.45) is 4.99 Å². The fourth-order valence-corrected chi connectivity index (χ4v) is 5.44. The van der Waals surface area contributed by atoms with E-state index >= 15 is 0 Å². The van der Waals surface area contributed by atoms with Crippen molar-refractivity contribution >= 4 is 37.5 Å². The predicted octanol–water partition coefficient (Wildman–Crippen LogP) is 3.51. The SMILES string of the molecule is C#CCn1c(=NC(=O)c2ccc(S(=O)(=O)N(C)CCCC)cc2)sc2cccc(OC)c21. The fourth-order valence-electron chi connectivity index (χ4n) is 3.19. The van der Waals surface area contributed by atoms with Gasteiger partial charge in [-0.3, -0.25) is 4.79 Å². The lowest BCUT2D eigenvalue weighted by Crippen LogP contribution is -2.27. The normalized spacial score (nSPS) is 12.3. The Morgan fingerprint density at radius 1 is 1.25 bits per heavy atom. The van der Waals surface area contributed by atoms with Gasteiger partial charge in [-0.25, -0.2) is 12.7 Å². The number of hydrogen-bond donors (Lipinski definition) is 0. The number of sulfonamides is 1. The van der Waals surface area contributed by atoms with Crippen LogP contribution in [-0.2, 0) is 16.6 Å². The first kappa shape index (κ1) is 23.7. The minimum Gasteiger partial charge on any atom is -0.495 e. The minimum absolute atomic E-state index is 0.140. The van der Waals surface area contributed by atoms with E-state index in [0.717, 1.165) is 23.1 Å². The van der Waals surface area contributed by atoms with Gasteiger partial charge >= 0.3 is 0 Å². The van der Waals surface area contributed by atoms with Crippen molar-refractivity contribution in [3.8, 4) is 18.1 Å². The Labute approximate surface area is 192 Å². The van der Waals surface area contributed by atoms with Gasteiger partial charge in [0.05, 0.1) is 23.2 Å². The van der Waals surface area contributed by atoms with Gasteiger partial charge in [0.2, 0.25) is 10.0 Å². The smallest absolute Gasteiger partial charge is 0.279 e.